The van der Waals surface area contributed by atoms with Crippen molar-refractivity contribution < 1.29 is 19.2 Å². The topological polar surface area (TPSA) is 71.4 Å². The molecular weight excluding hydrogens is 370 g/mol. The van der Waals surface area contributed by atoms with Crippen molar-refractivity contribution in [3.63, 3.8) is 0 Å². The van der Waals surface area contributed by atoms with Gasteiger partial charge >= 0.3 is 0 Å². The number of hydrogen-bond acceptors (Lipinski definition) is 6. The number of benzene rings is 2. The summed E-state index contributed by atoms with van der Waals surface area (Å²) in [6.07, 6.45) is -0.969. The molecule has 7 nitrogen and oxygen atoms in total. The number of amides is 2. The number of hydrogen-bond donors (Lipinski definition) is 0. The third-order valence-corrected chi connectivity index (χ3v) is 5.89. The fourth-order valence-corrected chi connectivity index (χ4v) is 4.57. The Morgan fingerprint density at radius 1 is 0.966 bits per heavy atom. The number of rotatable bonds is 3. The van der Waals surface area contributed by atoms with Crippen LogP contribution in [0.3, 0.4) is 0 Å². The number of methoxy groups -OCH3 is 1. The van der Waals surface area contributed by atoms with E-state index < -0.39 is 29.3 Å². The van der Waals surface area contributed by atoms with E-state index in [1.54, 1.807) is 29.3 Å². The van der Waals surface area contributed by atoms with Crippen LogP contribution in [0.4, 0.5) is 5.69 Å². The average molecular weight is 391 g/mol. The molecule has 2 fully saturated rings. The molecule has 29 heavy (non-hydrogen) atoms. The number of anilines is 1. The van der Waals surface area contributed by atoms with Gasteiger partial charge in [0.05, 0.1) is 16.9 Å². The summed E-state index contributed by atoms with van der Waals surface area (Å²) in [5.41, 5.74) is 1.49. The molecule has 0 saturated carbocycles. The van der Waals surface area contributed by atoms with E-state index in [0.717, 1.165) is 11.3 Å². The van der Waals surface area contributed by atoms with E-state index in [9.17, 15) is 9.59 Å². The Labute approximate surface area is 168 Å². The number of nitrogens with zero attached hydrogens (tertiary/aromatic N) is 3. The van der Waals surface area contributed by atoms with Crippen LogP contribution in [0.5, 0.6) is 0 Å². The minimum atomic E-state index is -1.39. The van der Waals surface area contributed by atoms with Crippen LogP contribution in [0.1, 0.15) is 19.4 Å². The van der Waals surface area contributed by atoms with Gasteiger partial charge in [0.1, 0.15) is 5.92 Å². The van der Waals surface area contributed by atoms with Gasteiger partial charge in [0.15, 0.2) is 6.10 Å². The monoisotopic (exact) mass is 391 g/mol. The van der Waals surface area contributed by atoms with E-state index in [2.05, 4.69) is 0 Å². The predicted octanol–water partition coefficient (Wildman–Crippen LogP) is 2.37. The first-order valence-corrected chi connectivity index (χ1v) is 9.52. The number of fused-ring (bicyclic) bond motifs is 3. The number of imide groups is 1. The molecule has 7 heteroatoms. The molecular formula is C22H21N3O4. The van der Waals surface area contributed by atoms with Gasteiger partial charge in [0, 0.05) is 7.11 Å². The number of aliphatic imine (C=N–C) groups is 1. The van der Waals surface area contributed by atoms with Crippen molar-refractivity contribution in [2.45, 2.75) is 31.3 Å². The molecule has 2 aromatic carbocycles. The van der Waals surface area contributed by atoms with Gasteiger partial charge < -0.3 is 4.74 Å². The van der Waals surface area contributed by atoms with Crippen molar-refractivity contribution in [1.29, 1.82) is 0 Å². The molecule has 0 aromatic heterocycles. The molecule has 3 unspecified atom stereocenters. The molecule has 0 N–H and O–H groups in total. The first-order chi connectivity index (χ1) is 13.9. The zero-order chi connectivity index (χ0) is 20.4. The molecule has 148 valence electrons. The lowest BCUT2D eigenvalue weighted by atomic mass is 9.93. The second-order valence-corrected chi connectivity index (χ2v) is 7.89. The highest BCUT2D eigenvalue weighted by Gasteiger charge is 2.73. The van der Waals surface area contributed by atoms with Gasteiger partial charge in [-0.15, -0.1) is 5.06 Å². The standard InChI is InChI=1S/C22H21N3O4/c1-21(2)18(14-10-6-4-7-11-14)23-22(28-3)16-17(29-25(21)22)20(27)24(19(16)26)15-12-8-5-9-13-15/h4-13,16-17H,1-3H3. The van der Waals surface area contributed by atoms with E-state index in [1.165, 1.54) is 12.0 Å². The molecule has 3 heterocycles. The van der Waals surface area contributed by atoms with Crippen LogP contribution in [0.25, 0.3) is 0 Å². The van der Waals surface area contributed by atoms with Crippen LogP contribution in [-0.2, 0) is 19.2 Å². The number of ether oxygens (including phenoxy) is 1. The summed E-state index contributed by atoms with van der Waals surface area (Å²) in [5, 5.41) is 1.58. The third kappa shape index (κ3) is 2.26. The summed E-state index contributed by atoms with van der Waals surface area (Å²) in [7, 11) is 1.50. The summed E-state index contributed by atoms with van der Waals surface area (Å²) in [6, 6.07) is 18.6. The SMILES string of the molecule is COC12N=C(c3ccccc3)C(C)(C)N1OC1C(=O)N(c3ccccc3)C(=O)C12. The van der Waals surface area contributed by atoms with E-state index in [-0.39, 0.29) is 5.91 Å². The van der Waals surface area contributed by atoms with Gasteiger partial charge in [0.25, 0.3) is 11.8 Å². The minimum absolute atomic E-state index is 0.371. The van der Waals surface area contributed by atoms with Crippen LogP contribution >= 0.6 is 0 Å². The predicted molar refractivity (Wildman–Crippen MR) is 106 cm³/mol. The Bertz CT molecular complexity index is 1020. The quantitative estimate of drug-likeness (QED) is 0.752. The van der Waals surface area contributed by atoms with Crippen molar-refractivity contribution in [3.8, 4) is 0 Å². The summed E-state index contributed by atoms with van der Waals surface area (Å²) in [6.45, 7) is 3.90. The summed E-state index contributed by atoms with van der Waals surface area (Å²) < 4.78 is 5.84. The second kappa shape index (κ2) is 6.06. The highest BCUT2D eigenvalue weighted by molar-refractivity contribution is 6.24. The lowest BCUT2D eigenvalue weighted by Crippen LogP contribution is -2.55. The van der Waals surface area contributed by atoms with Crippen molar-refractivity contribution >= 4 is 23.2 Å². The van der Waals surface area contributed by atoms with Crippen LogP contribution in [0.15, 0.2) is 65.7 Å². The van der Waals surface area contributed by atoms with Gasteiger partial charge in [-0.2, -0.15) is 0 Å². The molecule has 2 saturated heterocycles. The van der Waals surface area contributed by atoms with E-state index in [1.807, 2.05) is 50.2 Å². The van der Waals surface area contributed by atoms with Crippen molar-refractivity contribution in [1.82, 2.24) is 5.06 Å². The Morgan fingerprint density at radius 3 is 2.21 bits per heavy atom. The fourth-order valence-electron chi connectivity index (χ4n) is 4.57. The molecule has 2 amide bonds. The van der Waals surface area contributed by atoms with Gasteiger partial charge in [-0.25, -0.2) is 9.89 Å². The smallest absolute Gasteiger partial charge is 0.266 e. The van der Waals surface area contributed by atoms with Crippen LogP contribution in [0, 0.1) is 5.92 Å². The summed E-state index contributed by atoms with van der Waals surface area (Å²) >= 11 is 0. The molecule has 3 aliphatic rings. The summed E-state index contributed by atoms with van der Waals surface area (Å²) in [4.78, 5) is 38.6. The first-order valence-electron chi connectivity index (χ1n) is 9.52. The maximum absolute atomic E-state index is 13.4. The van der Waals surface area contributed by atoms with Crippen LogP contribution in [0.2, 0.25) is 0 Å². The molecule has 2 aromatic rings. The highest BCUT2D eigenvalue weighted by atomic mass is 16.8. The van der Waals surface area contributed by atoms with E-state index >= 15 is 0 Å². The van der Waals surface area contributed by atoms with E-state index in [4.69, 9.17) is 14.6 Å². The molecule has 0 bridgehead atoms. The van der Waals surface area contributed by atoms with Crippen LogP contribution < -0.4 is 4.90 Å². The number of carbonyl (C=O) groups excluding carboxylic acids is 2. The molecule has 0 spiro atoms. The largest absolute Gasteiger partial charge is 0.342 e. The van der Waals surface area contributed by atoms with Gasteiger partial charge in [-0.3, -0.25) is 14.4 Å². The van der Waals surface area contributed by atoms with Crippen molar-refractivity contribution in [2.75, 3.05) is 12.0 Å². The normalized spacial score (nSPS) is 30.4. The zero-order valence-corrected chi connectivity index (χ0v) is 16.4. The summed E-state index contributed by atoms with van der Waals surface area (Å²) in [5.74, 6) is -3.05. The highest BCUT2D eigenvalue weighted by Crippen LogP contribution is 2.52. The molecule has 3 atom stereocenters. The maximum Gasteiger partial charge on any atom is 0.266 e. The molecule has 3 aliphatic heterocycles. The van der Waals surface area contributed by atoms with Crippen molar-refractivity contribution in [2.24, 2.45) is 10.9 Å². The average Bonchev–Trinajstić information content (AvgIpc) is 3.29. The third-order valence-electron chi connectivity index (χ3n) is 5.89. The lowest BCUT2D eigenvalue weighted by Gasteiger charge is -2.36. The molecule has 0 aliphatic carbocycles. The Morgan fingerprint density at radius 2 is 1.59 bits per heavy atom. The fraction of sp³-hybridized carbons (Fsp3) is 0.318. The lowest BCUT2D eigenvalue weighted by molar-refractivity contribution is -0.272. The Hall–Kier alpha value is -2.87. The zero-order valence-electron chi connectivity index (χ0n) is 16.4. The maximum atomic E-state index is 13.4. The van der Waals surface area contributed by atoms with E-state index in [0.29, 0.717) is 5.69 Å². The van der Waals surface area contributed by atoms with Gasteiger partial charge in [0.2, 0.25) is 5.91 Å². The number of para-hydroxylation sites is 1. The first kappa shape index (κ1) is 18.2. The minimum Gasteiger partial charge on any atom is -0.342 e. The number of carbonyl (C=O) groups is 2. The van der Waals surface area contributed by atoms with Crippen molar-refractivity contribution in [3.05, 3.63) is 66.2 Å². The molecule has 5 rings (SSSR count). The number of hydroxylamine groups is 2. The van der Waals surface area contributed by atoms with Gasteiger partial charge in [-0.05, 0) is 31.5 Å². The Kier molecular flexibility index (Phi) is 3.80. The van der Waals surface area contributed by atoms with Gasteiger partial charge in [-0.1, -0.05) is 48.5 Å². The second-order valence-electron chi connectivity index (χ2n) is 7.89. The van der Waals surface area contributed by atoms with Crippen LogP contribution in [-0.4, -0.2) is 47.2 Å². The molecule has 0 radical (unpaired) electrons. The Balaban J connectivity index is 1.62.